The van der Waals surface area contributed by atoms with Gasteiger partial charge in [0.2, 0.25) is 0 Å². The molecule has 0 saturated carbocycles. The molecule has 3 aromatic rings. The molecule has 0 aliphatic carbocycles. The van der Waals surface area contributed by atoms with Gasteiger partial charge >= 0.3 is 11.9 Å². The third-order valence-electron chi connectivity index (χ3n) is 5.80. The smallest absolute Gasteiger partial charge is 0.340 e. The van der Waals surface area contributed by atoms with Crippen molar-refractivity contribution in [2.24, 2.45) is 0 Å². The van der Waals surface area contributed by atoms with Crippen molar-refractivity contribution in [1.29, 1.82) is 0 Å². The van der Waals surface area contributed by atoms with Gasteiger partial charge in [-0.3, -0.25) is 14.9 Å². The first-order valence-corrected chi connectivity index (χ1v) is 11.7. The van der Waals surface area contributed by atoms with Gasteiger partial charge in [0.25, 0.3) is 5.69 Å². The van der Waals surface area contributed by atoms with E-state index in [9.17, 15) is 24.5 Å². The average Bonchev–Trinajstić information content (AvgIpc) is 2.91. The maximum atomic E-state index is 12.6. The van der Waals surface area contributed by atoms with Crippen LogP contribution >= 0.6 is 0 Å². The second-order valence-corrected chi connectivity index (χ2v) is 8.30. The van der Waals surface area contributed by atoms with Crippen LogP contribution < -0.4 is 4.90 Å². The zero-order valence-electron chi connectivity index (χ0n) is 20.9. The largest absolute Gasteiger partial charge is 0.465 e. The van der Waals surface area contributed by atoms with Crippen LogP contribution in [0, 0.1) is 10.1 Å². The molecule has 0 aromatic heterocycles. The van der Waals surface area contributed by atoms with Crippen LogP contribution in [-0.4, -0.2) is 43.4 Å². The minimum absolute atomic E-state index is 0.00428. The summed E-state index contributed by atoms with van der Waals surface area (Å²) in [5, 5.41) is 11.9. The Morgan fingerprint density at radius 2 is 1.49 bits per heavy atom. The lowest BCUT2D eigenvalue weighted by Gasteiger charge is -2.26. The maximum Gasteiger partial charge on any atom is 0.340 e. The summed E-state index contributed by atoms with van der Waals surface area (Å²) >= 11 is 0. The number of methoxy groups -OCH3 is 2. The van der Waals surface area contributed by atoms with Gasteiger partial charge in [0, 0.05) is 19.0 Å². The van der Waals surface area contributed by atoms with Crippen LogP contribution in [-0.2, 0) is 20.8 Å². The molecule has 9 heteroatoms. The summed E-state index contributed by atoms with van der Waals surface area (Å²) < 4.78 is 9.74. The van der Waals surface area contributed by atoms with Crippen LogP contribution in [0.3, 0.4) is 0 Å². The summed E-state index contributed by atoms with van der Waals surface area (Å²) in [4.78, 5) is 50.2. The Morgan fingerprint density at radius 3 is 2.11 bits per heavy atom. The molecule has 0 saturated heterocycles. The van der Waals surface area contributed by atoms with Gasteiger partial charge in [-0.25, -0.2) is 9.59 Å². The molecule has 3 rings (SSSR count). The summed E-state index contributed by atoms with van der Waals surface area (Å²) in [5.41, 5.74) is 2.39. The van der Waals surface area contributed by atoms with Gasteiger partial charge in [-0.05, 0) is 35.2 Å². The molecule has 0 aliphatic heterocycles. The van der Waals surface area contributed by atoms with Gasteiger partial charge in [0.1, 0.15) is 5.69 Å². The highest BCUT2D eigenvalue weighted by Gasteiger charge is 2.28. The number of carbonyl (C=O) groups excluding carboxylic acids is 3. The first-order chi connectivity index (χ1) is 17.8. The van der Waals surface area contributed by atoms with Crippen LogP contribution in [0.1, 0.15) is 46.0 Å². The Morgan fingerprint density at radius 1 is 0.865 bits per heavy atom. The molecule has 3 aromatic carbocycles. The summed E-state index contributed by atoms with van der Waals surface area (Å²) in [7, 11) is 2.52. The number of anilines is 1. The van der Waals surface area contributed by atoms with Crippen LogP contribution in [0.2, 0.25) is 0 Å². The first-order valence-electron chi connectivity index (χ1n) is 11.7. The molecule has 0 heterocycles. The zero-order valence-corrected chi connectivity index (χ0v) is 20.9. The Kier molecular flexibility index (Phi) is 9.10. The number of rotatable bonds is 11. The minimum atomic E-state index is -0.735. The van der Waals surface area contributed by atoms with Gasteiger partial charge in [-0.15, -0.1) is 0 Å². The lowest BCUT2D eigenvalue weighted by molar-refractivity contribution is -0.384. The lowest BCUT2D eigenvalue weighted by atomic mass is 9.98. The molecule has 0 amide bonds. The van der Waals surface area contributed by atoms with Crippen LogP contribution in [0.15, 0.2) is 66.7 Å². The molecule has 0 N–H and O–H groups in total. The van der Waals surface area contributed by atoms with Crippen molar-refractivity contribution in [3.8, 4) is 11.1 Å². The molecule has 0 aliphatic rings. The van der Waals surface area contributed by atoms with Crippen molar-refractivity contribution in [2.75, 3.05) is 25.7 Å². The SMILES string of the molecule is CCCC(=O)CN(Cc1ccc(-c2ccccc2C(=O)OC)cc1)c1c(C(=O)OC)cccc1[N+](=O)[O-]. The molecular formula is C28H28N2O7. The number of carbonyl (C=O) groups is 3. The number of ether oxygens (including phenoxy) is 2. The van der Waals surface area contributed by atoms with E-state index in [2.05, 4.69) is 0 Å². The van der Waals surface area contributed by atoms with E-state index >= 15 is 0 Å². The van der Waals surface area contributed by atoms with E-state index in [-0.39, 0.29) is 35.8 Å². The van der Waals surface area contributed by atoms with E-state index < -0.39 is 16.9 Å². The van der Waals surface area contributed by atoms with E-state index in [0.29, 0.717) is 24.0 Å². The van der Waals surface area contributed by atoms with E-state index in [1.54, 1.807) is 17.0 Å². The number of hydrogen-bond acceptors (Lipinski definition) is 8. The molecule has 0 fully saturated rings. The minimum Gasteiger partial charge on any atom is -0.465 e. The van der Waals surface area contributed by atoms with E-state index in [4.69, 9.17) is 9.47 Å². The Bertz CT molecular complexity index is 1300. The summed E-state index contributed by atoms with van der Waals surface area (Å²) in [6.45, 7) is 1.89. The molecule has 192 valence electrons. The number of nitro groups is 1. The number of benzene rings is 3. The number of para-hydroxylation sites is 1. The van der Waals surface area contributed by atoms with E-state index in [1.165, 1.54) is 32.4 Å². The van der Waals surface area contributed by atoms with Gasteiger partial charge in [-0.1, -0.05) is 55.5 Å². The molecule has 0 unspecified atom stereocenters. The molecule has 0 atom stereocenters. The summed E-state index contributed by atoms with van der Waals surface area (Å²) in [6.07, 6.45) is 0.926. The number of nitro benzene ring substituents is 1. The zero-order chi connectivity index (χ0) is 26.9. The Balaban J connectivity index is 2.04. The predicted molar refractivity (Wildman–Crippen MR) is 139 cm³/mol. The van der Waals surface area contributed by atoms with Crippen molar-refractivity contribution in [1.82, 2.24) is 0 Å². The highest BCUT2D eigenvalue weighted by molar-refractivity contribution is 5.99. The van der Waals surface area contributed by atoms with Crippen LogP contribution in [0.25, 0.3) is 11.1 Å². The topological polar surface area (TPSA) is 116 Å². The molecular weight excluding hydrogens is 476 g/mol. The Labute approximate surface area is 214 Å². The van der Waals surface area contributed by atoms with E-state index in [0.717, 1.165) is 11.1 Å². The van der Waals surface area contributed by atoms with Gasteiger partial charge in [0.15, 0.2) is 5.78 Å². The second kappa shape index (κ2) is 12.4. The fourth-order valence-electron chi connectivity index (χ4n) is 4.10. The second-order valence-electron chi connectivity index (χ2n) is 8.30. The van der Waals surface area contributed by atoms with Crippen molar-refractivity contribution in [3.05, 3.63) is 93.5 Å². The highest BCUT2D eigenvalue weighted by atomic mass is 16.6. The fourth-order valence-corrected chi connectivity index (χ4v) is 4.10. The normalized spacial score (nSPS) is 10.5. The van der Waals surface area contributed by atoms with Crippen LogP contribution in [0.5, 0.6) is 0 Å². The lowest BCUT2D eigenvalue weighted by Crippen LogP contribution is -2.31. The number of esters is 2. The highest BCUT2D eigenvalue weighted by Crippen LogP contribution is 2.34. The molecule has 0 radical (unpaired) electrons. The summed E-state index contributed by atoms with van der Waals surface area (Å²) in [6, 6.07) is 18.5. The van der Waals surface area contributed by atoms with Crippen molar-refractivity contribution in [2.45, 2.75) is 26.3 Å². The quantitative estimate of drug-likeness (QED) is 0.198. The van der Waals surface area contributed by atoms with Gasteiger partial charge in [-0.2, -0.15) is 0 Å². The first kappa shape index (κ1) is 27.1. The third-order valence-corrected chi connectivity index (χ3v) is 5.80. The maximum absolute atomic E-state index is 12.6. The van der Waals surface area contributed by atoms with Gasteiger partial charge in [0.05, 0.1) is 36.8 Å². The molecule has 0 spiro atoms. The predicted octanol–water partition coefficient (Wildman–Crippen LogP) is 5.21. The van der Waals surface area contributed by atoms with E-state index in [1.807, 2.05) is 43.3 Å². The fraction of sp³-hybridized carbons (Fsp3) is 0.250. The average molecular weight is 505 g/mol. The van der Waals surface area contributed by atoms with Crippen LogP contribution in [0.4, 0.5) is 11.4 Å². The third kappa shape index (κ3) is 6.38. The standard InChI is InChI=1S/C28H28N2O7/c1-4-8-21(31)18-29(26-24(28(33)37-3)11-7-12-25(26)30(34)35)17-19-13-15-20(16-14-19)22-9-5-6-10-23(22)27(32)36-2/h5-7,9-16H,4,8,17-18H2,1-3H3. The molecule has 37 heavy (non-hydrogen) atoms. The van der Waals surface area contributed by atoms with Crippen molar-refractivity contribution in [3.63, 3.8) is 0 Å². The monoisotopic (exact) mass is 504 g/mol. The molecule has 0 bridgehead atoms. The Hall–Kier alpha value is -4.53. The van der Waals surface area contributed by atoms with Gasteiger partial charge < -0.3 is 14.4 Å². The number of nitrogens with zero attached hydrogens (tertiary/aromatic N) is 2. The molecule has 9 nitrogen and oxygen atoms in total. The number of Topliss-reactive ketones (excluding diaryl/α,β-unsaturated/α-hetero) is 1. The summed E-state index contributed by atoms with van der Waals surface area (Å²) in [5.74, 6) is -1.30. The van der Waals surface area contributed by atoms with Crippen molar-refractivity contribution < 1.29 is 28.8 Å². The number of hydrogen-bond donors (Lipinski definition) is 0. The van der Waals surface area contributed by atoms with Crippen molar-refractivity contribution >= 4 is 29.1 Å². The number of ketones is 1.